The van der Waals surface area contributed by atoms with Gasteiger partial charge in [0.25, 0.3) is 0 Å². The minimum absolute atomic E-state index is 0.180. The quantitative estimate of drug-likeness (QED) is 0.665. The molecule has 0 atom stereocenters. The lowest BCUT2D eigenvalue weighted by Crippen LogP contribution is -2.52. The Balaban J connectivity index is 4.83. The summed E-state index contributed by atoms with van der Waals surface area (Å²) in [5.41, 5.74) is 0. The Bertz CT molecular complexity index is 209. The maximum Gasteiger partial charge on any atom is 0.463 e. The van der Waals surface area contributed by atoms with Crippen LogP contribution in [0.5, 0.6) is 0 Å². The van der Waals surface area contributed by atoms with Gasteiger partial charge in [-0.15, -0.1) is 0 Å². The van der Waals surface area contributed by atoms with Crippen molar-refractivity contribution in [3.8, 4) is 0 Å². The Morgan fingerprint density at radius 3 is 1.64 bits per heavy atom. The number of amides is 1. The third-order valence-electron chi connectivity index (χ3n) is 1.68. The van der Waals surface area contributed by atoms with Gasteiger partial charge in [-0.25, -0.2) is 0 Å². The predicted octanol–water partition coefficient (Wildman–Crippen LogP) is 2.05. The minimum Gasteiger partial charge on any atom is -0.338 e. The van der Waals surface area contributed by atoms with Crippen molar-refractivity contribution >= 4 is 5.91 Å². The summed E-state index contributed by atoms with van der Waals surface area (Å²) >= 11 is 0. The van der Waals surface area contributed by atoms with E-state index in [0.29, 0.717) is 4.90 Å². The molecule has 0 aromatic heterocycles. The van der Waals surface area contributed by atoms with Gasteiger partial charge >= 0.3 is 18.0 Å². The molecule has 0 bridgehead atoms. The molecule has 0 rings (SSSR count). The van der Waals surface area contributed by atoms with Gasteiger partial charge in [0.05, 0.1) is 0 Å². The third kappa shape index (κ3) is 2.33. The van der Waals surface area contributed by atoms with E-state index in [2.05, 4.69) is 0 Å². The first-order chi connectivity index (χ1) is 6.18. The molecule has 0 saturated carbocycles. The van der Waals surface area contributed by atoms with Gasteiger partial charge in [0.15, 0.2) is 0 Å². The van der Waals surface area contributed by atoms with Crippen LogP contribution < -0.4 is 0 Å². The zero-order valence-electron chi connectivity index (χ0n) is 7.66. The molecular weight excluding hydrogens is 209 g/mol. The van der Waals surface area contributed by atoms with Crippen molar-refractivity contribution in [1.29, 1.82) is 0 Å². The van der Waals surface area contributed by atoms with Crippen LogP contribution in [0, 0.1) is 0 Å². The molecule has 0 aliphatic heterocycles. The summed E-state index contributed by atoms with van der Waals surface area (Å²) in [5, 5.41) is 0. The molecule has 0 heterocycles. The molecule has 0 radical (unpaired) electrons. The van der Waals surface area contributed by atoms with E-state index >= 15 is 0 Å². The van der Waals surface area contributed by atoms with Gasteiger partial charge in [-0.2, -0.15) is 22.0 Å². The highest BCUT2D eigenvalue weighted by Crippen LogP contribution is 2.36. The Labute approximate surface area is 77.7 Å². The topological polar surface area (TPSA) is 20.3 Å². The van der Waals surface area contributed by atoms with Crippen LogP contribution in [-0.2, 0) is 4.79 Å². The number of hydrogen-bond acceptors (Lipinski definition) is 1. The monoisotopic (exact) mass is 219 g/mol. The van der Waals surface area contributed by atoms with E-state index in [4.69, 9.17) is 0 Å². The summed E-state index contributed by atoms with van der Waals surface area (Å²) in [6, 6.07) is 0. The largest absolute Gasteiger partial charge is 0.463 e. The molecule has 0 spiro atoms. The Kier molecular flexibility index (Phi) is 3.84. The van der Waals surface area contributed by atoms with Crippen LogP contribution in [0.15, 0.2) is 0 Å². The summed E-state index contributed by atoms with van der Waals surface area (Å²) in [6.07, 6.45) is -5.83. The van der Waals surface area contributed by atoms with E-state index in [-0.39, 0.29) is 13.1 Å². The second-order valence-electron chi connectivity index (χ2n) is 2.55. The minimum atomic E-state index is -5.83. The Morgan fingerprint density at radius 1 is 1.07 bits per heavy atom. The Hall–Kier alpha value is -0.880. The van der Waals surface area contributed by atoms with Crippen LogP contribution in [-0.4, -0.2) is 36.0 Å². The van der Waals surface area contributed by atoms with E-state index in [1.165, 1.54) is 13.8 Å². The van der Waals surface area contributed by atoms with E-state index in [1.54, 1.807) is 0 Å². The molecule has 0 aromatic carbocycles. The van der Waals surface area contributed by atoms with Gasteiger partial charge in [0.1, 0.15) is 0 Å². The summed E-state index contributed by atoms with van der Waals surface area (Å²) in [7, 11) is 0. The van der Waals surface area contributed by atoms with Crippen molar-refractivity contribution in [3.63, 3.8) is 0 Å². The first-order valence-electron chi connectivity index (χ1n) is 3.92. The molecule has 0 N–H and O–H groups in total. The van der Waals surface area contributed by atoms with Crippen molar-refractivity contribution in [3.05, 3.63) is 0 Å². The molecule has 7 heteroatoms. The normalized spacial score (nSPS) is 12.8. The lowest BCUT2D eigenvalue weighted by Gasteiger charge is -2.25. The lowest BCUT2D eigenvalue weighted by molar-refractivity contribution is -0.274. The fraction of sp³-hybridized carbons (Fsp3) is 0.857. The summed E-state index contributed by atoms with van der Waals surface area (Å²) in [4.78, 5) is 11.2. The standard InChI is InChI=1S/C7H10F5NO/c1-3-13(4-2)5(14)6(8,9)7(10,11)12/h3-4H2,1-2H3. The molecule has 0 aromatic rings. The van der Waals surface area contributed by atoms with E-state index in [9.17, 15) is 26.7 Å². The van der Waals surface area contributed by atoms with Gasteiger partial charge in [0.2, 0.25) is 0 Å². The van der Waals surface area contributed by atoms with Crippen LogP contribution in [0.2, 0.25) is 0 Å². The molecule has 0 aliphatic carbocycles. The van der Waals surface area contributed by atoms with Gasteiger partial charge in [0, 0.05) is 13.1 Å². The van der Waals surface area contributed by atoms with Gasteiger partial charge in [-0.3, -0.25) is 4.79 Å². The molecule has 0 fully saturated rings. The Morgan fingerprint density at radius 2 is 1.43 bits per heavy atom. The molecule has 1 amide bonds. The zero-order chi connectivity index (χ0) is 11.6. The number of hydrogen-bond donors (Lipinski definition) is 0. The van der Waals surface area contributed by atoms with Crippen LogP contribution in [0.25, 0.3) is 0 Å². The summed E-state index contributed by atoms with van der Waals surface area (Å²) < 4.78 is 60.0. The SMILES string of the molecule is CCN(CC)C(=O)C(F)(F)C(F)(F)F. The zero-order valence-corrected chi connectivity index (χ0v) is 7.66. The molecule has 0 aliphatic rings. The number of rotatable bonds is 3. The van der Waals surface area contributed by atoms with Gasteiger partial charge < -0.3 is 4.90 Å². The number of carbonyl (C=O) groups is 1. The van der Waals surface area contributed by atoms with E-state index in [1.807, 2.05) is 0 Å². The van der Waals surface area contributed by atoms with Crippen molar-refractivity contribution in [2.24, 2.45) is 0 Å². The van der Waals surface area contributed by atoms with Crippen molar-refractivity contribution in [1.82, 2.24) is 4.90 Å². The third-order valence-corrected chi connectivity index (χ3v) is 1.68. The van der Waals surface area contributed by atoms with Gasteiger partial charge in [-0.1, -0.05) is 0 Å². The highest BCUT2D eigenvalue weighted by atomic mass is 19.4. The summed E-state index contributed by atoms with van der Waals surface area (Å²) in [5.74, 6) is -7.49. The predicted molar refractivity (Wildman–Crippen MR) is 38.9 cm³/mol. The first-order valence-corrected chi connectivity index (χ1v) is 3.92. The van der Waals surface area contributed by atoms with Crippen molar-refractivity contribution < 1.29 is 26.7 Å². The second-order valence-corrected chi connectivity index (χ2v) is 2.55. The van der Waals surface area contributed by atoms with Gasteiger partial charge in [-0.05, 0) is 13.8 Å². The molecule has 14 heavy (non-hydrogen) atoms. The maximum absolute atomic E-state index is 12.4. The fourth-order valence-electron chi connectivity index (χ4n) is 0.831. The number of halogens is 5. The molecule has 84 valence electrons. The van der Waals surface area contributed by atoms with Crippen LogP contribution in [0.3, 0.4) is 0 Å². The van der Waals surface area contributed by atoms with E-state index in [0.717, 1.165) is 0 Å². The number of alkyl halides is 5. The fourth-order valence-corrected chi connectivity index (χ4v) is 0.831. The van der Waals surface area contributed by atoms with Crippen molar-refractivity contribution in [2.45, 2.75) is 25.9 Å². The van der Waals surface area contributed by atoms with Crippen LogP contribution in [0.4, 0.5) is 22.0 Å². The number of carbonyl (C=O) groups excluding carboxylic acids is 1. The van der Waals surface area contributed by atoms with Crippen LogP contribution in [0.1, 0.15) is 13.8 Å². The highest BCUT2D eigenvalue weighted by Gasteiger charge is 2.64. The average molecular weight is 219 g/mol. The van der Waals surface area contributed by atoms with E-state index < -0.39 is 18.0 Å². The molecule has 0 unspecified atom stereocenters. The summed E-state index contributed by atoms with van der Waals surface area (Å²) in [6.45, 7) is 2.30. The molecule has 2 nitrogen and oxygen atoms in total. The molecule has 0 saturated heterocycles. The lowest BCUT2D eigenvalue weighted by atomic mass is 10.2. The first kappa shape index (κ1) is 13.1. The smallest absolute Gasteiger partial charge is 0.338 e. The van der Waals surface area contributed by atoms with Crippen LogP contribution >= 0.6 is 0 Å². The second kappa shape index (κ2) is 4.10. The number of nitrogens with zero attached hydrogens (tertiary/aromatic N) is 1. The molecular formula is C7H10F5NO. The van der Waals surface area contributed by atoms with Crippen molar-refractivity contribution in [2.75, 3.05) is 13.1 Å². The average Bonchev–Trinajstić information content (AvgIpc) is 2.04. The highest BCUT2D eigenvalue weighted by molar-refractivity contribution is 5.84. The maximum atomic E-state index is 12.4.